The number of aliphatic hydroxyl groups is 12. The number of amides is 2. The summed E-state index contributed by atoms with van der Waals surface area (Å²) in [5, 5.41) is 133. The molecule has 0 aromatic carbocycles. The van der Waals surface area contributed by atoms with E-state index in [4.69, 9.17) is 42.6 Å². The predicted octanol–water partition coefficient (Wildman–Crippen LogP) is -9.75. The summed E-state index contributed by atoms with van der Waals surface area (Å²) in [7, 11) is -5.18. The van der Waals surface area contributed by atoms with Gasteiger partial charge in [0.25, 0.3) is 0 Å². The van der Waals surface area contributed by atoms with Gasteiger partial charge in [-0.3, -0.25) is 14.1 Å². The number of carbonyl (C=O) groups excluding carboxylic acids is 2. The minimum atomic E-state index is -5.18. The Balaban J connectivity index is 1.43. The largest absolute Gasteiger partial charge is 0.397 e. The Morgan fingerprint density at radius 2 is 0.969 bits per heavy atom. The van der Waals surface area contributed by atoms with Crippen LogP contribution in [-0.4, -0.2) is 259 Å². The van der Waals surface area contributed by atoms with E-state index in [9.17, 15) is 83.8 Å². The van der Waals surface area contributed by atoms with E-state index in [0.717, 1.165) is 13.8 Å². The van der Waals surface area contributed by atoms with Crippen molar-refractivity contribution in [1.82, 2.24) is 10.6 Å². The summed E-state index contributed by atoms with van der Waals surface area (Å²) in [5.74, 6) is -1.62. The number of carbonyl (C=O) groups is 2. The minimum absolute atomic E-state index is 0.801. The first-order valence-electron chi connectivity index (χ1n) is 20.0. The Labute approximate surface area is 364 Å². The lowest BCUT2D eigenvalue weighted by molar-refractivity contribution is -0.381. The first kappa shape index (κ1) is 52.9. The van der Waals surface area contributed by atoms with Gasteiger partial charge in [0.2, 0.25) is 11.8 Å². The lowest BCUT2D eigenvalue weighted by Gasteiger charge is -2.49. The van der Waals surface area contributed by atoms with Crippen LogP contribution in [0.15, 0.2) is 0 Å². The van der Waals surface area contributed by atoms with Gasteiger partial charge in [-0.1, -0.05) is 0 Å². The van der Waals surface area contributed by atoms with E-state index in [2.05, 4.69) is 14.8 Å². The zero-order valence-electron chi connectivity index (χ0n) is 34.5. The first-order chi connectivity index (χ1) is 29.8. The van der Waals surface area contributed by atoms with Gasteiger partial charge < -0.3 is 115 Å². The number of nitrogens with one attached hydrogen (secondary N) is 2. The molecular weight excluding hydrogens is 900 g/mol. The van der Waals surface area contributed by atoms with Crippen molar-refractivity contribution < 1.29 is 131 Å². The molecule has 5 rings (SSSR count). The normalized spacial score (nSPS) is 48.0. The lowest BCUT2D eigenvalue weighted by Crippen LogP contribution is -2.69. The van der Waals surface area contributed by atoms with Crippen molar-refractivity contribution >= 4 is 22.2 Å². The van der Waals surface area contributed by atoms with E-state index in [1.54, 1.807) is 0 Å². The smallest absolute Gasteiger partial charge is 0.394 e. The topological polar surface area (TPSA) is 448 Å². The average molecular weight is 959 g/mol. The zero-order chi connectivity index (χ0) is 47.7. The van der Waals surface area contributed by atoms with Gasteiger partial charge in [-0.25, -0.2) is 4.18 Å². The molecule has 5 heterocycles. The summed E-state index contributed by atoms with van der Waals surface area (Å²) < 4.78 is 88.0. The zero-order valence-corrected chi connectivity index (χ0v) is 35.3. The summed E-state index contributed by atoms with van der Waals surface area (Å²) in [6, 6.07) is -3.35. The quantitative estimate of drug-likeness (QED) is 0.0678. The van der Waals surface area contributed by atoms with Gasteiger partial charge in [0.1, 0.15) is 110 Å². The molecule has 0 aromatic rings. The molecule has 372 valence electrons. The van der Waals surface area contributed by atoms with Crippen LogP contribution in [0.25, 0.3) is 0 Å². The van der Waals surface area contributed by atoms with Crippen molar-refractivity contribution in [2.24, 2.45) is 0 Å². The summed E-state index contributed by atoms with van der Waals surface area (Å²) >= 11 is 0. The highest BCUT2D eigenvalue weighted by molar-refractivity contribution is 7.80. The molecular formula is C34H58N2O27S. The molecule has 29 nitrogen and oxygen atoms in total. The van der Waals surface area contributed by atoms with Crippen LogP contribution < -0.4 is 10.6 Å². The van der Waals surface area contributed by atoms with Crippen molar-refractivity contribution in [2.75, 3.05) is 19.8 Å². The number of rotatable bonds is 15. The van der Waals surface area contributed by atoms with Crippen LogP contribution >= 0.6 is 0 Å². The van der Waals surface area contributed by atoms with E-state index in [1.165, 1.54) is 13.8 Å². The van der Waals surface area contributed by atoms with E-state index in [0.29, 0.717) is 0 Å². The molecule has 0 radical (unpaired) electrons. The second-order valence-corrected chi connectivity index (χ2v) is 17.1. The van der Waals surface area contributed by atoms with Crippen LogP contribution in [0.5, 0.6) is 0 Å². The second kappa shape index (κ2) is 21.9. The van der Waals surface area contributed by atoms with Crippen LogP contribution in [0.1, 0.15) is 27.7 Å². The van der Waals surface area contributed by atoms with Gasteiger partial charge >= 0.3 is 10.4 Å². The van der Waals surface area contributed by atoms with Crippen molar-refractivity contribution in [3.8, 4) is 0 Å². The molecule has 0 bridgehead atoms. The second-order valence-electron chi connectivity index (χ2n) is 16.0. The summed E-state index contributed by atoms with van der Waals surface area (Å²) in [6.07, 6.45) is -41.4. The molecule has 5 aliphatic heterocycles. The standard InChI is InChI=1S/C34H58N2O27S/c1-8-17(40)22(45)25(48)32(56-8)61-28-16(36-11(4)39)31(60-14(21(28)44)7-55-64(51,52)53)54-6-13-20(43)27(15(30(50)58-13)35-10(3)38)62-34-29(24(47)19(42)12(5-37)59-34)63-33-26(49)23(46)18(41)9(2)57-33/h8-9,12-34,37,40-50H,5-7H2,1-4H3,(H,35,38)(H,36,39)(H,51,52,53)/t8-,9-,12+,13+,14+,15+,16+,17+,18+,19-,20-,21+,22+,23+,24-,25-,26-,27+,28+,29+,30-,31+,32-,33-,34-/m0/s1. The Morgan fingerprint density at radius 3 is 1.47 bits per heavy atom. The highest BCUT2D eigenvalue weighted by Crippen LogP contribution is 2.35. The Morgan fingerprint density at radius 1 is 0.516 bits per heavy atom. The summed E-state index contributed by atoms with van der Waals surface area (Å²) in [4.78, 5) is 24.8. The maximum absolute atomic E-state index is 12.5. The Bertz CT molecular complexity index is 1650. The van der Waals surface area contributed by atoms with Gasteiger partial charge in [0.15, 0.2) is 31.5 Å². The average Bonchev–Trinajstić information content (AvgIpc) is 3.22. The Hall–Kier alpha value is -2.03. The molecule has 30 heteroatoms. The van der Waals surface area contributed by atoms with Crippen molar-refractivity contribution in [1.29, 1.82) is 0 Å². The molecule has 25 atom stereocenters. The third kappa shape index (κ3) is 12.2. The van der Waals surface area contributed by atoms with Crippen LogP contribution in [0.4, 0.5) is 0 Å². The molecule has 0 unspecified atom stereocenters. The van der Waals surface area contributed by atoms with Crippen LogP contribution in [0, 0.1) is 0 Å². The fourth-order valence-electron chi connectivity index (χ4n) is 7.74. The van der Waals surface area contributed by atoms with E-state index in [-0.39, 0.29) is 0 Å². The van der Waals surface area contributed by atoms with Crippen LogP contribution in [0.2, 0.25) is 0 Å². The molecule has 0 aromatic heterocycles. The van der Waals surface area contributed by atoms with Crippen molar-refractivity contribution in [2.45, 2.75) is 181 Å². The Kier molecular flexibility index (Phi) is 18.1. The van der Waals surface area contributed by atoms with Gasteiger partial charge in [-0.15, -0.1) is 0 Å². The molecule has 15 N–H and O–H groups in total. The molecule has 5 fully saturated rings. The highest BCUT2D eigenvalue weighted by atomic mass is 32.3. The van der Waals surface area contributed by atoms with Gasteiger partial charge in [-0.05, 0) is 13.8 Å². The van der Waals surface area contributed by atoms with Crippen LogP contribution in [0.3, 0.4) is 0 Å². The minimum Gasteiger partial charge on any atom is -0.394 e. The molecule has 2 amide bonds. The predicted molar refractivity (Wildman–Crippen MR) is 197 cm³/mol. The van der Waals surface area contributed by atoms with Crippen molar-refractivity contribution in [3.63, 3.8) is 0 Å². The molecule has 0 aliphatic carbocycles. The van der Waals surface area contributed by atoms with Crippen molar-refractivity contribution in [3.05, 3.63) is 0 Å². The van der Waals surface area contributed by atoms with E-state index < -0.39 is 195 Å². The number of hydrogen-bond acceptors (Lipinski definition) is 26. The first-order valence-corrected chi connectivity index (χ1v) is 21.3. The summed E-state index contributed by atoms with van der Waals surface area (Å²) in [5.41, 5.74) is 0. The third-order valence-corrected chi connectivity index (χ3v) is 11.7. The van der Waals surface area contributed by atoms with Gasteiger partial charge in [0, 0.05) is 13.8 Å². The number of ether oxygens (including phenoxy) is 9. The van der Waals surface area contributed by atoms with E-state index >= 15 is 0 Å². The molecule has 0 saturated carbocycles. The molecule has 5 saturated heterocycles. The fourth-order valence-corrected chi connectivity index (χ4v) is 8.04. The highest BCUT2D eigenvalue weighted by Gasteiger charge is 2.56. The molecule has 0 spiro atoms. The van der Waals surface area contributed by atoms with Gasteiger partial charge in [0.05, 0.1) is 32.0 Å². The fraction of sp³-hybridized carbons (Fsp3) is 0.941. The molecule has 64 heavy (non-hydrogen) atoms. The van der Waals surface area contributed by atoms with Gasteiger partial charge in [-0.2, -0.15) is 8.42 Å². The van der Waals surface area contributed by atoms with Crippen LogP contribution in [-0.2, 0) is 66.8 Å². The summed E-state index contributed by atoms with van der Waals surface area (Å²) in [6.45, 7) is 1.72. The lowest BCUT2D eigenvalue weighted by atomic mass is 9.94. The maximum Gasteiger partial charge on any atom is 0.397 e. The number of aliphatic hydroxyl groups excluding tert-OH is 12. The third-order valence-electron chi connectivity index (χ3n) is 11.2. The maximum atomic E-state index is 12.5. The number of hydrogen-bond donors (Lipinski definition) is 15. The van der Waals surface area contributed by atoms with E-state index in [1.807, 2.05) is 0 Å². The molecule has 5 aliphatic rings. The monoisotopic (exact) mass is 958 g/mol. The SMILES string of the molecule is CC(=O)N[C@@H]1[C@@H](O[C@@H]2O[C@H](CO)[C@H](O)[C@H](O)[C@H]2O[C@@H]2O[C@@H](C)[C@@H](O)[C@@H](O)[C@@H]2O)[C@@H](O)[C@@H](CO[C@@H]2O[C@H](COS(=O)(=O)O)[C@@H](O)[C@H](O[C@@H]3O[C@@H](C)[C@@H](O)[C@@H](O)[C@@H]3O)[C@H]2NC(C)=O)O[C@@H]1O.